The van der Waals surface area contributed by atoms with Gasteiger partial charge in [0.15, 0.2) is 0 Å². The molecule has 56 valence electrons. The zero-order valence-corrected chi connectivity index (χ0v) is 6.95. The van der Waals surface area contributed by atoms with Crippen molar-refractivity contribution in [2.24, 2.45) is 11.5 Å². The molecule has 0 radical (unpaired) electrons. The molecule has 10 heavy (non-hydrogen) atoms. The van der Waals surface area contributed by atoms with Crippen molar-refractivity contribution in [2.75, 3.05) is 6.54 Å². The van der Waals surface area contributed by atoms with E-state index in [2.05, 4.69) is 0 Å². The molecule has 0 aliphatic heterocycles. The number of rotatable bonds is 2. The molecule has 4 heteroatoms. The van der Waals surface area contributed by atoms with Crippen molar-refractivity contribution in [2.45, 2.75) is 6.04 Å². The summed E-state index contributed by atoms with van der Waals surface area (Å²) in [6, 6.07) is 3.68. The van der Waals surface area contributed by atoms with Gasteiger partial charge in [-0.15, -0.1) is 11.3 Å². The number of nitrogens with two attached hydrogens (primary N) is 2. The highest BCUT2D eigenvalue weighted by atomic mass is 35.5. The van der Waals surface area contributed by atoms with Gasteiger partial charge in [-0.05, 0) is 12.1 Å². The van der Waals surface area contributed by atoms with Gasteiger partial charge in [-0.1, -0.05) is 11.6 Å². The monoisotopic (exact) mass is 176 g/mol. The fourth-order valence-electron chi connectivity index (χ4n) is 0.644. The van der Waals surface area contributed by atoms with Gasteiger partial charge in [0, 0.05) is 11.4 Å². The number of halogens is 1. The Morgan fingerprint density at radius 1 is 1.60 bits per heavy atom. The van der Waals surface area contributed by atoms with Crippen molar-refractivity contribution in [1.82, 2.24) is 0 Å². The predicted octanol–water partition coefficient (Wildman–Crippen LogP) is 1.36. The Morgan fingerprint density at radius 3 is 2.70 bits per heavy atom. The Kier molecular flexibility index (Phi) is 2.68. The van der Waals surface area contributed by atoms with Gasteiger partial charge in [-0.3, -0.25) is 0 Å². The SMILES string of the molecule is NC[C@@H](N)c1ccc(Cl)s1. The summed E-state index contributed by atoms with van der Waals surface area (Å²) in [5.41, 5.74) is 11.0. The average Bonchev–Trinajstić information content (AvgIpc) is 2.34. The van der Waals surface area contributed by atoms with Gasteiger partial charge in [0.25, 0.3) is 0 Å². The third-order valence-electron chi connectivity index (χ3n) is 1.21. The molecule has 0 amide bonds. The zero-order valence-electron chi connectivity index (χ0n) is 5.38. The van der Waals surface area contributed by atoms with E-state index >= 15 is 0 Å². The maximum Gasteiger partial charge on any atom is 0.0931 e. The van der Waals surface area contributed by atoms with Gasteiger partial charge < -0.3 is 11.5 Å². The van der Waals surface area contributed by atoms with Crippen molar-refractivity contribution in [3.63, 3.8) is 0 Å². The normalized spacial score (nSPS) is 13.5. The fourth-order valence-corrected chi connectivity index (χ4v) is 1.72. The second-order valence-corrected chi connectivity index (χ2v) is 3.73. The van der Waals surface area contributed by atoms with Crippen LogP contribution in [0, 0.1) is 0 Å². The van der Waals surface area contributed by atoms with Crippen LogP contribution in [0.25, 0.3) is 0 Å². The molecule has 2 nitrogen and oxygen atoms in total. The molecule has 0 bridgehead atoms. The van der Waals surface area contributed by atoms with Crippen molar-refractivity contribution in [3.05, 3.63) is 21.3 Å². The van der Waals surface area contributed by atoms with Crippen LogP contribution in [0.3, 0.4) is 0 Å². The molecule has 0 fully saturated rings. The fraction of sp³-hybridized carbons (Fsp3) is 0.333. The first-order valence-electron chi connectivity index (χ1n) is 2.95. The van der Waals surface area contributed by atoms with Crippen LogP contribution in [0.1, 0.15) is 10.9 Å². The molecule has 1 aromatic heterocycles. The minimum atomic E-state index is -0.0579. The number of hydrogen-bond donors (Lipinski definition) is 2. The summed E-state index contributed by atoms with van der Waals surface area (Å²) in [5, 5.41) is 0. The minimum absolute atomic E-state index is 0.0579. The molecule has 0 aromatic carbocycles. The van der Waals surface area contributed by atoms with E-state index in [1.165, 1.54) is 11.3 Å². The zero-order chi connectivity index (χ0) is 7.56. The summed E-state index contributed by atoms with van der Waals surface area (Å²) in [7, 11) is 0. The van der Waals surface area contributed by atoms with Gasteiger partial charge >= 0.3 is 0 Å². The van der Waals surface area contributed by atoms with Gasteiger partial charge in [-0.2, -0.15) is 0 Å². The summed E-state index contributed by atoms with van der Waals surface area (Å²) in [5.74, 6) is 0. The van der Waals surface area contributed by atoms with E-state index in [1.807, 2.05) is 12.1 Å². The van der Waals surface area contributed by atoms with Crippen LogP contribution in [0.4, 0.5) is 0 Å². The van der Waals surface area contributed by atoms with Crippen molar-refractivity contribution < 1.29 is 0 Å². The standard InChI is InChI=1S/C6H9ClN2S/c7-6-2-1-5(10-6)4(9)3-8/h1-2,4H,3,8-9H2/t4-/m1/s1. The largest absolute Gasteiger partial charge is 0.329 e. The van der Waals surface area contributed by atoms with Gasteiger partial charge in [0.2, 0.25) is 0 Å². The lowest BCUT2D eigenvalue weighted by Crippen LogP contribution is -2.19. The molecule has 0 aliphatic carbocycles. The molecule has 1 rings (SSSR count). The molecular formula is C6H9ClN2S. The highest BCUT2D eigenvalue weighted by molar-refractivity contribution is 7.16. The summed E-state index contributed by atoms with van der Waals surface area (Å²) >= 11 is 7.16. The van der Waals surface area contributed by atoms with Crippen molar-refractivity contribution in [3.8, 4) is 0 Å². The highest BCUT2D eigenvalue weighted by Gasteiger charge is 2.04. The number of hydrogen-bond acceptors (Lipinski definition) is 3. The molecule has 0 aliphatic rings. The lowest BCUT2D eigenvalue weighted by molar-refractivity contribution is 0.752. The van der Waals surface area contributed by atoms with Crippen LogP contribution in [-0.4, -0.2) is 6.54 Å². The van der Waals surface area contributed by atoms with E-state index in [4.69, 9.17) is 23.1 Å². The second kappa shape index (κ2) is 3.34. The molecule has 1 atom stereocenters. The van der Waals surface area contributed by atoms with Crippen LogP contribution in [0.2, 0.25) is 4.34 Å². The van der Waals surface area contributed by atoms with E-state index in [-0.39, 0.29) is 6.04 Å². The molecule has 4 N–H and O–H groups in total. The van der Waals surface area contributed by atoms with Crippen LogP contribution in [0.15, 0.2) is 12.1 Å². The Hall–Kier alpha value is -0.0900. The molecular weight excluding hydrogens is 168 g/mol. The Balaban J connectivity index is 2.74. The van der Waals surface area contributed by atoms with E-state index in [0.29, 0.717) is 6.54 Å². The molecule has 1 heterocycles. The lowest BCUT2D eigenvalue weighted by Gasteiger charge is -2.02. The summed E-state index contributed by atoms with van der Waals surface area (Å²) in [6.45, 7) is 0.469. The van der Waals surface area contributed by atoms with E-state index in [1.54, 1.807) is 0 Å². The Morgan fingerprint density at radius 2 is 2.30 bits per heavy atom. The Bertz CT molecular complexity index is 211. The van der Waals surface area contributed by atoms with Gasteiger partial charge in [0.1, 0.15) is 0 Å². The van der Waals surface area contributed by atoms with Crippen LogP contribution in [-0.2, 0) is 0 Å². The maximum absolute atomic E-state index is 5.68. The molecule has 0 saturated heterocycles. The molecule has 1 aromatic rings. The summed E-state index contributed by atoms with van der Waals surface area (Å²) < 4.78 is 0.763. The van der Waals surface area contributed by atoms with E-state index < -0.39 is 0 Å². The minimum Gasteiger partial charge on any atom is -0.329 e. The smallest absolute Gasteiger partial charge is 0.0931 e. The summed E-state index contributed by atoms with van der Waals surface area (Å²) in [6.07, 6.45) is 0. The first-order chi connectivity index (χ1) is 4.74. The third-order valence-corrected chi connectivity index (χ3v) is 2.58. The first-order valence-corrected chi connectivity index (χ1v) is 4.14. The van der Waals surface area contributed by atoms with Crippen LogP contribution < -0.4 is 11.5 Å². The first kappa shape index (κ1) is 8.01. The molecule has 0 saturated carbocycles. The molecule has 0 spiro atoms. The second-order valence-electron chi connectivity index (χ2n) is 1.98. The average molecular weight is 177 g/mol. The maximum atomic E-state index is 5.68. The lowest BCUT2D eigenvalue weighted by atomic mass is 10.3. The highest BCUT2D eigenvalue weighted by Crippen LogP contribution is 2.24. The van der Waals surface area contributed by atoms with Gasteiger partial charge in [0.05, 0.1) is 10.4 Å². The topological polar surface area (TPSA) is 52.0 Å². The number of thiophene rings is 1. The Labute approximate surface area is 68.8 Å². The van der Waals surface area contributed by atoms with E-state index in [9.17, 15) is 0 Å². The summed E-state index contributed by atoms with van der Waals surface area (Å²) in [4.78, 5) is 1.05. The van der Waals surface area contributed by atoms with Crippen molar-refractivity contribution >= 4 is 22.9 Å². The predicted molar refractivity (Wildman–Crippen MR) is 45.3 cm³/mol. The van der Waals surface area contributed by atoms with Crippen molar-refractivity contribution in [1.29, 1.82) is 0 Å². The quantitative estimate of drug-likeness (QED) is 0.715. The van der Waals surface area contributed by atoms with Crippen LogP contribution in [0.5, 0.6) is 0 Å². The molecule has 0 unspecified atom stereocenters. The van der Waals surface area contributed by atoms with Crippen LogP contribution >= 0.6 is 22.9 Å². The van der Waals surface area contributed by atoms with E-state index in [0.717, 1.165) is 9.21 Å². The third kappa shape index (κ3) is 1.70. The van der Waals surface area contributed by atoms with Gasteiger partial charge in [-0.25, -0.2) is 0 Å².